The molecule has 0 amide bonds. The standard InChI is InChI=1S/C26H34N2O2/c1-6-18(2)26(21-8-11-25(30-5)12-9-21)14-22-7-10-24(13-23(22)17-29)28-15-19(3)27-20(4)16-28/h7-14,17-20,27H,6,15-16H2,1-5H3/b26-14+/t18?,19-,20+. The highest BCUT2D eigenvalue weighted by atomic mass is 16.5. The molecule has 4 heteroatoms. The molecular formula is C26H34N2O2. The Balaban J connectivity index is 1.97. The number of nitrogens with zero attached hydrogens (tertiary/aromatic N) is 1. The lowest BCUT2D eigenvalue weighted by molar-refractivity contribution is 0.112. The molecule has 1 aliphatic heterocycles. The maximum Gasteiger partial charge on any atom is 0.150 e. The summed E-state index contributed by atoms with van der Waals surface area (Å²) in [5, 5.41) is 3.56. The van der Waals surface area contributed by atoms with Crippen LogP contribution in [0.5, 0.6) is 5.75 Å². The Bertz CT molecular complexity index is 878. The number of anilines is 1. The summed E-state index contributed by atoms with van der Waals surface area (Å²) in [4.78, 5) is 14.3. The number of hydrogen-bond acceptors (Lipinski definition) is 4. The van der Waals surface area contributed by atoms with Gasteiger partial charge in [-0.05, 0) is 67.2 Å². The highest BCUT2D eigenvalue weighted by molar-refractivity contribution is 5.90. The summed E-state index contributed by atoms with van der Waals surface area (Å²) in [6.07, 6.45) is 4.18. The van der Waals surface area contributed by atoms with Crippen LogP contribution in [0.1, 0.15) is 55.6 Å². The van der Waals surface area contributed by atoms with E-state index in [0.717, 1.165) is 53.9 Å². The van der Waals surface area contributed by atoms with Crippen LogP contribution in [0.3, 0.4) is 0 Å². The Morgan fingerprint density at radius 1 is 1.13 bits per heavy atom. The number of ether oxygens (including phenoxy) is 1. The monoisotopic (exact) mass is 406 g/mol. The minimum absolute atomic E-state index is 0.382. The number of aldehydes is 1. The number of hydrogen-bond donors (Lipinski definition) is 1. The molecule has 0 aliphatic carbocycles. The van der Waals surface area contributed by atoms with Crippen molar-refractivity contribution >= 4 is 23.6 Å². The first-order valence-corrected chi connectivity index (χ1v) is 10.9. The van der Waals surface area contributed by atoms with Crippen LogP contribution < -0.4 is 15.0 Å². The molecular weight excluding hydrogens is 372 g/mol. The molecule has 1 saturated heterocycles. The molecule has 1 N–H and O–H groups in total. The van der Waals surface area contributed by atoms with E-state index in [-0.39, 0.29) is 0 Å². The highest BCUT2D eigenvalue weighted by Crippen LogP contribution is 2.31. The summed E-state index contributed by atoms with van der Waals surface area (Å²) in [7, 11) is 1.68. The van der Waals surface area contributed by atoms with Gasteiger partial charge in [0.15, 0.2) is 6.29 Å². The molecule has 0 radical (unpaired) electrons. The molecule has 1 fully saturated rings. The minimum atomic E-state index is 0.382. The maximum atomic E-state index is 12.0. The van der Waals surface area contributed by atoms with E-state index in [9.17, 15) is 4.79 Å². The first-order valence-electron chi connectivity index (χ1n) is 10.9. The van der Waals surface area contributed by atoms with Crippen molar-refractivity contribution in [2.45, 2.75) is 46.2 Å². The van der Waals surface area contributed by atoms with Crippen molar-refractivity contribution in [1.29, 1.82) is 0 Å². The molecule has 2 aromatic rings. The van der Waals surface area contributed by atoms with Gasteiger partial charge >= 0.3 is 0 Å². The fourth-order valence-corrected chi connectivity index (χ4v) is 4.21. The lowest BCUT2D eigenvalue weighted by Gasteiger charge is -2.37. The molecule has 4 nitrogen and oxygen atoms in total. The van der Waals surface area contributed by atoms with Crippen LogP contribution in [-0.2, 0) is 0 Å². The Morgan fingerprint density at radius 3 is 2.37 bits per heavy atom. The van der Waals surface area contributed by atoms with Crippen LogP contribution in [0, 0.1) is 5.92 Å². The Kier molecular flexibility index (Phi) is 7.33. The van der Waals surface area contributed by atoms with Crippen molar-refractivity contribution in [3.63, 3.8) is 0 Å². The second-order valence-electron chi connectivity index (χ2n) is 8.44. The van der Waals surface area contributed by atoms with Crippen LogP contribution in [0.15, 0.2) is 42.5 Å². The van der Waals surface area contributed by atoms with E-state index in [2.05, 4.69) is 68.3 Å². The minimum Gasteiger partial charge on any atom is -0.497 e. The number of carbonyl (C=O) groups excluding carboxylic acids is 1. The van der Waals surface area contributed by atoms with Gasteiger partial charge in [-0.25, -0.2) is 0 Å². The maximum absolute atomic E-state index is 12.0. The van der Waals surface area contributed by atoms with Gasteiger partial charge in [0.25, 0.3) is 0 Å². The molecule has 0 saturated carbocycles. The average molecular weight is 407 g/mol. The molecule has 0 spiro atoms. The molecule has 1 heterocycles. The zero-order valence-corrected chi connectivity index (χ0v) is 18.8. The fraction of sp³-hybridized carbons (Fsp3) is 0.423. The van der Waals surface area contributed by atoms with Crippen molar-refractivity contribution in [1.82, 2.24) is 5.32 Å². The van der Waals surface area contributed by atoms with Gasteiger partial charge < -0.3 is 15.0 Å². The molecule has 160 valence electrons. The number of benzene rings is 2. The number of rotatable bonds is 7. The van der Waals surface area contributed by atoms with Gasteiger partial charge in [-0.3, -0.25) is 4.79 Å². The fourth-order valence-electron chi connectivity index (χ4n) is 4.21. The van der Waals surface area contributed by atoms with Gasteiger partial charge in [0.2, 0.25) is 0 Å². The second kappa shape index (κ2) is 9.94. The summed E-state index contributed by atoms with van der Waals surface area (Å²) in [6.45, 7) is 10.7. The van der Waals surface area contributed by atoms with Crippen molar-refractivity contribution in [3.05, 3.63) is 59.2 Å². The largest absolute Gasteiger partial charge is 0.497 e. The Morgan fingerprint density at radius 2 is 1.80 bits per heavy atom. The first kappa shape index (κ1) is 22.1. The molecule has 1 unspecified atom stereocenters. The van der Waals surface area contributed by atoms with Gasteiger partial charge in [-0.15, -0.1) is 0 Å². The summed E-state index contributed by atoms with van der Waals surface area (Å²) in [5.41, 5.74) is 5.22. The van der Waals surface area contributed by atoms with E-state index < -0.39 is 0 Å². The Hall–Kier alpha value is -2.59. The van der Waals surface area contributed by atoms with Gasteiger partial charge in [0.1, 0.15) is 5.75 Å². The van der Waals surface area contributed by atoms with Crippen LogP contribution in [0.2, 0.25) is 0 Å². The second-order valence-corrected chi connectivity index (χ2v) is 8.44. The van der Waals surface area contributed by atoms with Crippen LogP contribution in [0.25, 0.3) is 11.6 Å². The van der Waals surface area contributed by atoms with Crippen molar-refractivity contribution in [2.24, 2.45) is 5.92 Å². The van der Waals surface area contributed by atoms with Crippen LogP contribution >= 0.6 is 0 Å². The third-order valence-electron chi connectivity index (χ3n) is 6.00. The van der Waals surface area contributed by atoms with E-state index in [1.807, 2.05) is 18.2 Å². The molecule has 0 bridgehead atoms. The summed E-state index contributed by atoms with van der Waals surface area (Å²) in [6, 6.07) is 15.3. The number of piperazine rings is 1. The first-order chi connectivity index (χ1) is 14.4. The predicted octanol–water partition coefficient (Wildman–Crippen LogP) is 5.28. The zero-order chi connectivity index (χ0) is 21.7. The third-order valence-corrected chi connectivity index (χ3v) is 6.00. The topological polar surface area (TPSA) is 41.6 Å². The number of methoxy groups -OCH3 is 1. The average Bonchev–Trinajstić information content (AvgIpc) is 2.76. The lowest BCUT2D eigenvalue weighted by atomic mass is 9.89. The lowest BCUT2D eigenvalue weighted by Crippen LogP contribution is -2.54. The highest BCUT2D eigenvalue weighted by Gasteiger charge is 2.21. The van der Waals surface area contributed by atoms with Crippen molar-refractivity contribution < 1.29 is 9.53 Å². The molecule has 3 rings (SSSR count). The number of allylic oxidation sites excluding steroid dienone is 1. The SMILES string of the molecule is CCC(C)/C(=C\c1ccc(N2C[C@@H](C)N[C@@H](C)C2)cc1C=O)c1ccc(OC)cc1. The van der Waals surface area contributed by atoms with E-state index in [0.29, 0.717) is 18.0 Å². The van der Waals surface area contributed by atoms with Crippen molar-refractivity contribution in [3.8, 4) is 5.75 Å². The van der Waals surface area contributed by atoms with Gasteiger partial charge in [-0.1, -0.05) is 38.1 Å². The molecule has 1 aliphatic rings. The zero-order valence-electron chi connectivity index (χ0n) is 18.8. The quantitative estimate of drug-likeness (QED) is 0.502. The van der Waals surface area contributed by atoms with Crippen LogP contribution in [-0.4, -0.2) is 38.6 Å². The van der Waals surface area contributed by atoms with Gasteiger partial charge in [0, 0.05) is 36.4 Å². The Labute approximate surface area is 180 Å². The van der Waals surface area contributed by atoms with E-state index in [1.165, 1.54) is 5.57 Å². The van der Waals surface area contributed by atoms with E-state index in [4.69, 9.17) is 4.74 Å². The molecule has 30 heavy (non-hydrogen) atoms. The number of carbonyl (C=O) groups is 1. The normalized spacial score (nSPS) is 20.7. The van der Waals surface area contributed by atoms with Crippen LogP contribution in [0.4, 0.5) is 5.69 Å². The summed E-state index contributed by atoms with van der Waals surface area (Å²) >= 11 is 0. The molecule has 2 aromatic carbocycles. The summed E-state index contributed by atoms with van der Waals surface area (Å²) < 4.78 is 5.30. The number of nitrogens with one attached hydrogen (secondary N) is 1. The van der Waals surface area contributed by atoms with E-state index in [1.54, 1.807) is 7.11 Å². The molecule has 0 aromatic heterocycles. The van der Waals surface area contributed by atoms with Crippen molar-refractivity contribution in [2.75, 3.05) is 25.1 Å². The molecule has 3 atom stereocenters. The predicted molar refractivity (Wildman–Crippen MR) is 126 cm³/mol. The van der Waals surface area contributed by atoms with Gasteiger partial charge in [0.05, 0.1) is 7.11 Å². The smallest absolute Gasteiger partial charge is 0.150 e. The third kappa shape index (κ3) is 5.11. The van der Waals surface area contributed by atoms with Gasteiger partial charge in [-0.2, -0.15) is 0 Å². The van der Waals surface area contributed by atoms with E-state index >= 15 is 0 Å². The summed E-state index contributed by atoms with van der Waals surface area (Å²) in [5.74, 6) is 1.23.